The number of hydrogen-bond acceptors (Lipinski definition) is 2. The minimum Gasteiger partial charge on any atom is -0.332 e. The number of nitrogens with one attached hydrogen (secondary N) is 2. The molecule has 0 fully saturated rings. The van der Waals surface area contributed by atoms with Crippen LogP contribution >= 0.6 is 28.1 Å². The molecule has 4 nitrogen and oxygen atoms in total. The van der Waals surface area contributed by atoms with E-state index in [1.54, 1.807) is 0 Å². The summed E-state index contributed by atoms with van der Waals surface area (Å²) in [6, 6.07) is 16.3. The first kappa shape index (κ1) is 18.6. The Hall–Kier alpha value is -2.18. The zero-order chi connectivity index (χ0) is 18.7. The van der Waals surface area contributed by atoms with Crippen LogP contribution < -0.4 is 10.6 Å². The smallest absolute Gasteiger partial charge is 0.175 e. The fraction of sp³-hybridized carbons (Fsp3) is 0.200. The topological polar surface area (TPSA) is 41.9 Å². The Bertz CT molecular complexity index is 931. The molecule has 3 rings (SSSR count). The van der Waals surface area contributed by atoms with Gasteiger partial charge >= 0.3 is 0 Å². The molecular formula is C20H21BrN4S. The Labute approximate surface area is 167 Å². The molecule has 6 heteroatoms. The molecule has 0 aliphatic rings. The molecule has 1 aromatic heterocycles. The van der Waals surface area contributed by atoms with Crippen LogP contribution in [-0.2, 0) is 6.54 Å². The first-order valence-electron chi connectivity index (χ1n) is 8.36. The molecule has 3 aromatic rings. The Morgan fingerprint density at radius 2 is 1.73 bits per heavy atom. The lowest BCUT2D eigenvalue weighted by Crippen LogP contribution is -2.20. The van der Waals surface area contributed by atoms with Gasteiger partial charge in [-0.15, -0.1) is 0 Å². The Kier molecular flexibility index (Phi) is 5.74. The SMILES string of the molecule is Cc1ccccc1NC(=S)Nc1c(C)nn(Cc2ccc(Br)cc2)c1C. The minimum absolute atomic E-state index is 0.564. The summed E-state index contributed by atoms with van der Waals surface area (Å²) in [6.07, 6.45) is 0. The van der Waals surface area contributed by atoms with E-state index in [1.807, 2.05) is 41.9 Å². The van der Waals surface area contributed by atoms with Crippen LogP contribution in [0, 0.1) is 20.8 Å². The number of para-hydroxylation sites is 1. The number of aromatic nitrogens is 2. The van der Waals surface area contributed by atoms with E-state index in [9.17, 15) is 0 Å². The van der Waals surface area contributed by atoms with E-state index in [1.165, 1.54) is 5.56 Å². The number of anilines is 2. The van der Waals surface area contributed by atoms with Gasteiger partial charge in [-0.2, -0.15) is 5.10 Å². The lowest BCUT2D eigenvalue weighted by atomic mass is 10.2. The van der Waals surface area contributed by atoms with Gasteiger partial charge < -0.3 is 10.6 Å². The second-order valence-electron chi connectivity index (χ2n) is 6.22. The van der Waals surface area contributed by atoms with E-state index in [0.29, 0.717) is 5.11 Å². The molecule has 0 saturated heterocycles. The summed E-state index contributed by atoms with van der Waals surface area (Å²) in [7, 11) is 0. The summed E-state index contributed by atoms with van der Waals surface area (Å²) >= 11 is 8.95. The van der Waals surface area contributed by atoms with Gasteiger partial charge in [-0.3, -0.25) is 4.68 Å². The largest absolute Gasteiger partial charge is 0.332 e. The summed E-state index contributed by atoms with van der Waals surface area (Å²) < 4.78 is 3.07. The quantitative estimate of drug-likeness (QED) is 0.543. The summed E-state index contributed by atoms with van der Waals surface area (Å²) in [6.45, 7) is 6.82. The maximum Gasteiger partial charge on any atom is 0.175 e. The van der Waals surface area contributed by atoms with Crippen LogP contribution in [0.5, 0.6) is 0 Å². The van der Waals surface area contributed by atoms with E-state index in [2.05, 4.69) is 63.7 Å². The predicted octanol–water partition coefficient (Wildman–Crippen LogP) is 5.43. The fourth-order valence-corrected chi connectivity index (χ4v) is 3.25. The molecule has 2 aromatic carbocycles. The van der Waals surface area contributed by atoms with Crippen molar-refractivity contribution < 1.29 is 0 Å². The third kappa shape index (κ3) is 4.31. The van der Waals surface area contributed by atoms with E-state index in [0.717, 1.165) is 39.3 Å². The maximum atomic E-state index is 5.49. The van der Waals surface area contributed by atoms with Crippen molar-refractivity contribution in [1.29, 1.82) is 0 Å². The van der Waals surface area contributed by atoms with Gasteiger partial charge in [-0.05, 0) is 62.3 Å². The van der Waals surface area contributed by atoms with Crippen LogP contribution in [0.3, 0.4) is 0 Å². The molecule has 0 aliphatic carbocycles. The van der Waals surface area contributed by atoms with Crippen LogP contribution in [0.2, 0.25) is 0 Å². The van der Waals surface area contributed by atoms with Gasteiger partial charge in [0.05, 0.1) is 23.6 Å². The number of nitrogens with zero attached hydrogens (tertiary/aromatic N) is 2. The number of benzene rings is 2. The Morgan fingerprint density at radius 1 is 1.04 bits per heavy atom. The number of aryl methyl sites for hydroxylation is 2. The molecule has 0 spiro atoms. The fourth-order valence-electron chi connectivity index (χ4n) is 2.77. The predicted molar refractivity (Wildman–Crippen MR) is 116 cm³/mol. The third-order valence-corrected chi connectivity index (χ3v) is 4.99. The van der Waals surface area contributed by atoms with Gasteiger partial charge in [0.25, 0.3) is 0 Å². The maximum absolute atomic E-state index is 5.49. The van der Waals surface area contributed by atoms with Gasteiger partial charge in [0, 0.05) is 10.2 Å². The second-order valence-corrected chi connectivity index (χ2v) is 7.55. The molecule has 0 bridgehead atoms. The van der Waals surface area contributed by atoms with E-state index in [4.69, 9.17) is 12.2 Å². The standard InChI is InChI=1S/C20H21BrN4S/c1-13-6-4-5-7-18(13)22-20(26)23-19-14(2)24-25(15(19)3)12-16-8-10-17(21)11-9-16/h4-11H,12H2,1-3H3,(H2,22,23,26). The molecule has 26 heavy (non-hydrogen) atoms. The first-order valence-corrected chi connectivity index (χ1v) is 9.56. The lowest BCUT2D eigenvalue weighted by molar-refractivity contribution is 0.659. The molecule has 0 saturated carbocycles. The molecule has 1 heterocycles. The summed E-state index contributed by atoms with van der Waals surface area (Å²) in [5.41, 5.74) is 6.28. The van der Waals surface area contributed by atoms with Gasteiger partial charge in [0.2, 0.25) is 0 Å². The van der Waals surface area contributed by atoms with Gasteiger partial charge in [0.15, 0.2) is 5.11 Å². The zero-order valence-electron chi connectivity index (χ0n) is 15.0. The first-order chi connectivity index (χ1) is 12.4. The molecule has 0 radical (unpaired) electrons. The number of thiocarbonyl (C=S) groups is 1. The van der Waals surface area contributed by atoms with Gasteiger partial charge in [-0.1, -0.05) is 46.3 Å². The molecule has 0 amide bonds. The number of rotatable bonds is 4. The van der Waals surface area contributed by atoms with Gasteiger partial charge in [-0.25, -0.2) is 0 Å². The number of hydrogen-bond donors (Lipinski definition) is 2. The summed E-state index contributed by atoms with van der Waals surface area (Å²) in [4.78, 5) is 0. The van der Waals surface area contributed by atoms with Crippen molar-refractivity contribution in [1.82, 2.24) is 9.78 Å². The van der Waals surface area contributed by atoms with Crippen molar-refractivity contribution in [3.8, 4) is 0 Å². The lowest BCUT2D eigenvalue weighted by Gasteiger charge is -2.13. The molecule has 134 valence electrons. The average molecular weight is 429 g/mol. The summed E-state index contributed by atoms with van der Waals surface area (Å²) in [5, 5.41) is 11.8. The minimum atomic E-state index is 0.564. The van der Waals surface area contributed by atoms with Crippen LogP contribution in [0.15, 0.2) is 53.0 Å². The van der Waals surface area contributed by atoms with Crippen molar-refractivity contribution in [2.75, 3.05) is 10.6 Å². The van der Waals surface area contributed by atoms with Crippen LogP contribution in [0.4, 0.5) is 11.4 Å². The molecule has 0 unspecified atom stereocenters. The van der Waals surface area contributed by atoms with Crippen molar-refractivity contribution in [2.24, 2.45) is 0 Å². The average Bonchev–Trinajstić information content (AvgIpc) is 2.86. The van der Waals surface area contributed by atoms with Crippen LogP contribution in [0.25, 0.3) is 0 Å². The third-order valence-electron chi connectivity index (χ3n) is 4.26. The molecular weight excluding hydrogens is 408 g/mol. The monoisotopic (exact) mass is 428 g/mol. The highest BCUT2D eigenvalue weighted by molar-refractivity contribution is 9.10. The van der Waals surface area contributed by atoms with E-state index in [-0.39, 0.29) is 0 Å². The molecule has 0 atom stereocenters. The highest BCUT2D eigenvalue weighted by Gasteiger charge is 2.13. The van der Waals surface area contributed by atoms with Crippen molar-refractivity contribution >= 4 is 44.6 Å². The zero-order valence-corrected chi connectivity index (χ0v) is 17.4. The molecule has 2 N–H and O–H groups in total. The molecule has 0 aliphatic heterocycles. The normalized spacial score (nSPS) is 10.6. The van der Waals surface area contributed by atoms with E-state index >= 15 is 0 Å². The van der Waals surface area contributed by atoms with Crippen molar-refractivity contribution in [3.63, 3.8) is 0 Å². The van der Waals surface area contributed by atoms with Crippen molar-refractivity contribution in [2.45, 2.75) is 27.3 Å². The Morgan fingerprint density at radius 3 is 2.42 bits per heavy atom. The van der Waals surface area contributed by atoms with Crippen LogP contribution in [0.1, 0.15) is 22.5 Å². The number of halogens is 1. The summed E-state index contributed by atoms with van der Waals surface area (Å²) in [5.74, 6) is 0. The van der Waals surface area contributed by atoms with Gasteiger partial charge in [0.1, 0.15) is 0 Å². The highest BCUT2D eigenvalue weighted by atomic mass is 79.9. The highest BCUT2D eigenvalue weighted by Crippen LogP contribution is 2.22. The second kappa shape index (κ2) is 8.01. The van der Waals surface area contributed by atoms with E-state index < -0.39 is 0 Å². The Balaban J connectivity index is 1.74. The van der Waals surface area contributed by atoms with Crippen molar-refractivity contribution in [3.05, 3.63) is 75.5 Å². The van der Waals surface area contributed by atoms with Crippen LogP contribution in [-0.4, -0.2) is 14.9 Å².